The fraction of sp³-hybridized carbons (Fsp3) is 0.933. The molecule has 1 aliphatic heterocycles. The van der Waals surface area contributed by atoms with Crippen LogP contribution in [0.5, 0.6) is 0 Å². The fourth-order valence-corrected chi connectivity index (χ4v) is 5.42. The van der Waals surface area contributed by atoms with Crippen molar-refractivity contribution in [2.45, 2.75) is 62.5 Å². The smallest absolute Gasteiger partial charge is 0.377 e. The minimum atomic E-state index is -3.28. The van der Waals surface area contributed by atoms with Crippen molar-refractivity contribution in [1.29, 1.82) is 0 Å². The van der Waals surface area contributed by atoms with Crippen LogP contribution < -0.4 is 5.32 Å². The molecular weight excluding hydrogens is 264 g/mol. The minimum absolute atomic E-state index is 0.138. The van der Waals surface area contributed by atoms with Crippen LogP contribution in [-0.4, -0.2) is 30.1 Å². The van der Waals surface area contributed by atoms with Crippen molar-refractivity contribution >= 4 is 5.97 Å². The molecule has 4 bridgehead atoms. The lowest BCUT2D eigenvalue weighted by molar-refractivity contribution is -0.159. The van der Waals surface area contributed by atoms with Gasteiger partial charge in [0.1, 0.15) is 6.10 Å². The number of alkyl halides is 2. The van der Waals surface area contributed by atoms with Crippen LogP contribution in [0, 0.1) is 17.8 Å². The molecule has 5 aliphatic rings. The van der Waals surface area contributed by atoms with Crippen molar-refractivity contribution < 1.29 is 18.3 Å². The molecule has 4 saturated carbocycles. The Morgan fingerprint density at radius 3 is 2.05 bits per heavy atom. The van der Waals surface area contributed by atoms with E-state index in [0.29, 0.717) is 6.54 Å². The molecule has 1 N–H and O–H groups in total. The first-order valence-electron chi connectivity index (χ1n) is 7.78. The molecule has 5 heteroatoms. The number of ether oxygens (including phenoxy) is 1. The van der Waals surface area contributed by atoms with Crippen molar-refractivity contribution in [3.05, 3.63) is 0 Å². The van der Waals surface area contributed by atoms with E-state index in [2.05, 4.69) is 5.32 Å². The molecule has 0 spiro atoms. The van der Waals surface area contributed by atoms with E-state index in [1.54, 1.807) is 0 Å². The summed E-state index contributed by atoms with van der Waals surface area (Å²) in [5.41, 5.74) is 0.138. The highest BCUT2D eigenvalue weighted by Gasteiger charge is 2.53. The first-order chi connectivity index (χ1) is 9.44. The Labute approximate surface area is 117 Å². The van der Waals surface area contributed by atoms with Crippen LogP contribution in [0.25, 0.3) is 0 Å². The summed E-state index contributed by atoms with van der Waals surface area (Å²) in [6.45, 7) is 0.382. The van der Waals surface area contributed by atoms with Gasteiger partial charge < -0.3 is 10.1 Å². The van der Waals surface area contributed by atoms with Gasteiger partial charge in [-0.2, -0.15) is 8.78 Å². The number of cyclic esters (lactones) is 1. The number of halogens is 2. The third-order valence-corrected chi connectivity index (χ3v) is 5.80. The molecule has 1 heterocycles. The minimum Gasteiger partial charge on any atom is -0.456 e. The molecule has 1 unspecified atom stereocenters. The first kappa shape index (κ1) is 13.0. The second-order valence-electron chi connectivity index (χ2n) is 7.51. The Hall–Kier alpha value is -0.710. The Balaban J connectivity index is 1.39. The van der Waals surface area contributed by atoms with Gasteiger partial charge in [0.15, 0.2) is 0 Å². The summed E-state index contributed by atoms with van der Waals surface area (Å²) in [5.74, 6) is -2.17. The molecule has 5 rings (SSSR count). The van der Waals surface area contributed by atoms with Crippen LogP contribution in [0.2, 0.25) is 0 Å². The lowest BCUT2D eigenvalue weighted by Gasteiger charge is -2.57. The second kappa shape index (κ2) is 4.15. The molecule has 1 atom stereocenters. The number of carbonyl (C=O) groups excluding carboxylic acids is 1. The molecule has 0 aromatic rings. The van der Waals surface area contributed by atoms with E-state index in [4.69, 9.17) is 4.74 Å². The SMILES string of the molecule is O=C1OC(CNC23CC4CC(CC(C4)C2)C3)CC1(F)F. The molecule has 0 radical (unpaired) electrons. The van der Waals surface area contributed by atoms with Crippen LogP contribution in [0.3, 0.4) is 0 Å². The largest absolute Gasteiger partial charge is 0.456 e. The van der Waals surface area contributed by atoms with E-state index in [0.717, 1.165) is 17.8 Å². The average molecular weight is 285 g/mol. The first-order valence-corrected chi connectivity index (χ1v) is 7.78. The van der Waals surface area contributed by atoms with Gasteiger partial charge in [0.05, 0.1) is 6.42 Å². The topological polar surface area (TPSA) is 38.3 Å². The molecule has 4 aliphatic carbocycles. The molecule has 5 fully saturated rings. The van der Waals surface area contributed by atoms with Gasteiger partial charge in [-0.3, -0.25) is 0 Å². The maximum atomic E-state index is 13.2. The highest BCUT2D eigenvalue weighted by molar-refractivity contribution is 5.79. The standard InChI is InChI=1S/C15H21F2NO2/c16-15(17)7-12(20-13(15)19)8-18-14-4-9-1-10(5-14)3-11(2-9)6-14/h9-12,18H,1-8H2. The summed E-state index contributed by atoms with van der Waals surface area (Å²) in [6, 6.07) is 0. The van der Waals surface area contributed by atoms with Crippen molar-refractivity contribution in [3.8, 4) is 0 Å². The zero-order chi connectivity index (χ0) is 14.0. The third-order valence-electron chi connectivity index (χ3n) is 5.80. The van der Waals surface area contributed by atoms with Crippen molar-refractivity contribution in [3.63, 3.8) is 0 Å². The van der Waals surface area contributed by atoms with Crippen LogP contribution >= 0.6 is 0 Å². The normalized spacial score (nSPS) is 48.6. The quantitative estimate of drug-likeness (QED) is 0.810. The summed E-state index contributed by atoms with van der Waals surface area (Å²) in [5, 5.41) is 3.52. The Bertz CT molecular complexity index is 402. The van der Waals surface area contributed by atoms with Crippen molar-refractivity contribution in [1.82, 2.24) is 5.32 Å². The van der Waals surface area contributed by atoms with Gasteiger partial charge >= 0.3 is 11.9 Å². The number of rotatable bonds is 3. The third kappa shape index (κ3) is 2.05. The summed E-state index contributed by atoms with van der Waals surface area (Å²) in [4.78, 5) is 11.0. The highest BCUT2D eigenvalue weighted by Crippen LogP contribution is 2.55. The lowest BCUT2D eigenvalue weighted by atomic mass is 9.53. The number of esters is 1. The van der Waals surface area contributed by atoms with Crippen LogP contribution in [0.1, 0.15) is 44.9 Å². The number of nitrogens with one attached hydrogen (secondary N) is 1. The summed E-state index contributed by atoms with van der Waals surface area (Å²) in [6.07, 6.45) is 6.48. The molecule has 20 heavy (non-hydrogen) atoms. The Kier molecular flexibility index (Phi) is 2.70. The van der Waals surface area contributed by atoms with E-state index >= 15 is 0 Å². The molecule has 112 valence electrons. The van der Waals surface area contributed by atoms with Gasteiger partial charge in [0, 0.05) is 12.1 Å². The van der Waals surface area contributed by atoms with E-state index in [-0.39, 0.29) is 5.54 Å². The lowest BCUT2D eigenvalue weighted by Crippen LogP contribution is -2.59. The van der Waals surface area contributed by atoms with Gasteiger partial charge in [-0.25, -0.2) is 4.79 Å². The van der Waals surface area contributed by atoms with E-state index in [9.17, 15) is 13.6 Å². The highest BCUT2D eigenvalue weighted by atomic mass is 19.3. The van der Waals surface area contributed by atoms with Crippen LogP contribution in [0.15, 0.2) is 0 Å². The Morgan fingerprint density at radius 2 is 1.60 bits per heavy atom. The zero-order valence-electron chi connectivity index (χ0n) is 11.5. The van der Waals surface area contributed by atoms with E-state index in [1.807, 2.05) is 0 Å². The van der Waals surface area contributed by atoms with Gasteiger partial charge in [0.25, 0.3) is 0 Å². The molecular formula is C15H21F2NO2. The molecule has 0 amide bonds. The van der Waals surface area contributed by atoms with E-state index in [1.165, 1.54) is 38.5 Å². The van der Waals surface area contributed by atoms with E-state index < -0.39 is 24.4 Å². The molecule has 3 nitrogen and oxygen atoms in total. The molecule has 1 saturated heterocycles. The average Bonchev–Trinajstić information content (AvgIpc) is 2.59. The van der Waals surface area contributed by atoms with Crippen molar-refractivity contribution in [2.75, 3.05) is 6.54 Å². The predicted octanol–water partition coefficient (Wildman–Crippen LogP) is 2.50. The second-order valence-corrected chi connectivity index (χ2v) is 7.51. The molecule has 0 aromatic heterocycles. The summed E-state index contributed by atoms with van der Waals surface area (Å²) >= 11 is 0. The Morgan fingerprint density at radius 1 is 1.05 bits per heavy atom. The summed E-state index contributed by atoms with van der Waals surface area (Å²) < 4.78 is 31.1. The zero-order valence-corrected chi connectivity index (χ0v) is 11.5. The van der Waals surface area contributed by atoms with Crippen LogP contribution in [-0.2, 0) is 9.53 Å². The number of carbonyl (C=O) groups is 1. The number of hydrogen-bond acceptors (Lipinski definition) is 3. The number of hydrogen-bond donors (Lipinski definition) is 1. The van der Waals surface area contributed by atoms with Gasteiger partial charge in [-0.1, -0.05) is 0 Å². The van der Waals surface area contributed by atoms with Gasteiger partial charge in [-0.05, 0) is 56.3 Å². The van der Waals surface area contributed by atoms with Gasteiger partial charge in [-0.15, -0.1) is 0 Å². The maximum Gasteiger partial charge on any atom is 0.377 e. The molecule has 0 aromatic carbocycles. The fourth-order valence-electron chi connectivity index (χ4n) is 5.42. The summed E-state index contributed by atoms with van der Waals surface area (Å²) in [7, 11) is 0. The van der Waals surface area contributed by atoms with Crippen LogP contribution in [0.4, 0.5) is 8.78 Å². The van der Waals surface area contributed by atoms with Crippen molar-refractivity contribution in [2.24, 2.45) is 17.8 Å². The van der Waals surface area contributed by atoms with Gasteiger partial charge in [0.2, 0.25) is 0 Å². The predicted molar refractivity (Wildman–Crippen MR) is 68.3 cm³/mol. The maximum absolute atomic E-state index is 13.2. The monoisotopic (exact) mass is 285 g/mol.